The van der Waals surface area contributed by atoms with Crippen LogP contribution < -0.4 is 0 Å². The van der Waals surface area contributed by atoms with E-state index in [1.807, 2.05) is 13.8 Å². The number of hydrogen-bond donors (Lipinski definition) is 1. The first kappa shape index (κ1) is 13.7. The van der Waals surface area contributed by atoms with Gasteiger partial charge in [-0.1, -0.05) is 6.08 Å². The zero-order chi connectivity index (χ0) is 11.8. The number of aliphatic carboxylic acids is 1. The molecule has 0 spiro atoms. The van der Waals surface area contributed by atoms with E-state index in [1.165, 1.54) is 0 Å². The van der Waals surface area contributed by atoms with Gasteiger partial charge in [0, 0.05) is 25.4 Å². The molecule has 0 rings (SSSR count). The molecular formula is C11H19NO3. The van der Waals surface area contributed by atoms with Gasteiger partial charge in [0.2, 0.25) is 5.91 Å². The zero-order valence-corrected chi connectivity index (χ0v) is 9.40. The summed E-state index contributed by atoms with van der Waals surface area (Å²) in [5, 5.41) is 8.44. The van der Waals surface area contributed by atoms with E-state index >= 15 is 0 Å². The van der Waals surface area contributed by atoms with E-state index in [1.54, 1.807) is 11.0 Å². The molecule has 0 saturated heterocycles. The summed E-state index contributed by atoms with van der Waals surface area (Å²) in [6, 6.07) is 0.125. The summed E-state index contributed by atoms with van der Waals surface area (Å²) < 4.78 is 0. The fourth-order valence-electron chi connectivity index (χ4n) is 1.27. The summed E-state index contributed by atoms with van der Waals surface area (Å²) in [4.78, 5) is 23.6. The van der Waals surface area contributed by atoms with Crippen molar-refractivity contribution in [3.63, 3.8) is 0 Å². The second kappa shape index (κ2) is 7.04. The van der Waals surface area contributed by atoms with Crippen molar-refractivity contribution in [1.82, 2.24) is 4.90 Å². The van der Waals surface area contributed by atoms with Crippen molar-refractivity contribution in [2.75, 3.05) is 6.54 Å². The molecule has 0 aliphatic heterocycles. The fraction of sp³-hybridized carbons (Fsp3) is 0.636. The van der Waals surface area contributed by atoms with Gasteiger partial charge in [-0.3, -0.25) is 9.59 Å². The SMILES string of the molecule is C=CCN(C(=O)CCCC(=O)O)C(C)C. The number of carboxylic acids is 1. The van der Waals surface area contributed by atoms with Gasteiger partial charge in [-0.05, 0) is 20.3 Å². The van der Waals surface area contributed by atoms with E-state index in [0.29, 0.717) is 19.4 Å². The van der Waals surface area contributed by atoms with Crippen LogP contribution in [0, 0.1) is 0 Å². The molecule has 0 aliphatic carbocycles. The first-order chi connectivity index (χ1) is 6.99. The largest absolute Gasteiger partial charge is 0.481 e. The molecule has 1 amide bonds. The van der Waals surface area contributed by atoms with E-state index in [-0.39, 0.29) is 18.4 Å². The summed E-state index contributed by atoms with van der Waals surface area (Å²) in [6.45, 7) is 7.96. The van der Waals surface area contributed by atoms with Crippen LogP contribution in [-0.2, 0) is 9.59 Å². The maximum atomic E-state index is 11.6. The summed E-state index contributed by atoms with van der Waals surface area (Å²) >= 11 is 0. The third-order valence-corrected chi connectivity index (χ3v) is 2.05. The monoisotopic (exact) mass is 213 g/mol. The van der Waals surface area contributed by atoms with Crippen molar-refractivity contribution in [1.29, 1.82) is 0 Å². The lowest BCUT2D eigenvalue weighted by Crippen LogP contribution is -2.36. The van der Waals surface area contributed by atoms with Gasteiger partial charge in [-0.15, -0.1) is 6.58 Å². The van der Waals surface area contributed by atoms with Gasteiger partial charge >= 0.3 is 5.97 Å². The first-order valence-corrected chi connectivity index (χ1v) is 5.11. The van der Waals surface area contributed by atoms with Crippen LogP contribution in [0.2, 0.25) is 0 Å². The maximum absolute atomic E-state index is 11.6. The van der Waals surface area contributed by atoms with Gasteiger partial charge in [0.15, 0.2) is 0 Å². The molecular weight excluding hydrogens is 194 g/mol. The third-order valence-electron chi connectivity index (χ3n) is 2.05. The summed E-state index contributed by atoms with van der Waals surface area (Å²) in [5.74, 6) is -0.867. The number of carboxylic acid groups (broad SMARTS) is 1. The molecule has 0 atom stereocenters. The van der Waals surface area contributed by atoms with Crippen LogP contribution in [-0.4, -0.2) is 34.5 Å². The molecule has 0 unspecified atom stereocenters. The lowest BCUT2D eigenvalue weighted by Gasteiger charge is -2.25. The topological polar surface area (TPSA) is 57.6 Å². The molecule has 0 fully saturated rings. The number of nitrogens with zero attached hydrogens (tertiary/aromatic N) is 1. The second-order valence-electron chi connectivity index (χ2n) is 3.68. The van der Waals surface area contributed by atoms with Gasteiger partial charge in [-0.25, -0.2) is 0 Å². The highest BCUT2D eigenvalue weighted by molar-refractivity contribution is 5.77. The predicted molar refractivity (Wildman–Crippen MR) is 58.5 cm³/mol. The normalized spacial score (nSPS) is 10.1. The minimum atomic E-state index is -0.859. The molecule has 0 heterocycles. The Balaban J connectivity index is 4.02. The summed E-state index contributed by atoms with van der Waals surface area (Å²) in [6.07, 6.45) is 2.41. The molecule has 4 heteroatoms. The molecule has 0 aliphatic rings. The van der Waals surface area contributed by atoms with Gasteiger partial charge in [0.1, 0.15) is 0 Å². The van der Waals surface area contributed by atoms with Crippen molar-refractivity contribution in [3.05, 3.63) is 12.7 Å². The number of hydrogen-bond acceptors (Lipinski definition) is 2. The van der Waals surface area contributed by atoms with Crippen LogP contribution in [0.3, 0.4) is 0 Å². The number of rotatable bonds is 7. The van der Waals surface area contributed by atoms with Crippen LogP contribution in [0.5, 0.6) is 0 Å². The lowest BCUT2D eigenvalue weighted by atomic mass is 10.2. The van der Waals surface area contributed by atoms with Crippen LogP contribution in [0.25, 0.3) is 0 Å². The van der Waals surface area contributed by atoms with Gasteiger partial charge in [0.25, 0.3) is 0 Å². The Morgan fingerprint density at radius 2 is 2.00 bits per heavy atom. The Morgan fingerprint density at radius 1 is 1.40 bits per heavy atom. The number of carbonyl (C=O) groups is 2. The summed E-state index contributed by atoms with van der Waals surface area (Å²) in [5.41, 5.74) is 0. The van der Waals surface area contributed by atoms with Gasteiger partial charge in [0.05, 0.1) is 0 Å². The van der Waals surface area contributed by atoms with Crippen LogP contribution in [0.4, 0.5) is 0 Å². The van der Waals surface area contributed by atoms with E-state index < -0.39 is 5.97 Å². The van der Waals surface area contributed by atoms with E-state index in [2.05, 4.69) is 6.58 Å². The summed E-state index contributed by atoms with van der Waals surface area (Å²) in [7, 11) is 0. The van der Waals surface area contributed by atoms with Crippen molar-refractivity contribution < 1.29 is 14.7 Å². The zero-order valence-electron chi connectivity index (χ0n) is 9.40. The highest BCUT2D eigenvalue weighted by atomic mass is 16.4. The first-order valence-electron chi connectivity index (χ1n) is 5.11. The van der Waals surface area contributed by atoms with Gasteiger partial charge in [-0.2, -0.15) is 0 Å². The maximum Gasteiger partial charge on any atom is 0.303 e. The Bertz CT molecular complexity index is 236. The Labute approximate surface area is 90.6 Å². The van der Waals surface area contributed by atoms with Crippen molar-refractivity contribution in [2.24, 2.45) is 0 Å². The minimum Gasteiger partial charge on any atom is -0.481 e. The van der Waals surface area contributed by atoms with Gasteiger partial charge < -0.3 is 10.0 Å². The molecule has 0 saturated carbocycles. The van der Waals surface area contributed by atoms with Crippen molar-refractivity contribution >= 4 is 11.9 Å². The van der Waals surface area contributed by atoms with E-state index in [9.17, 15) is 9.59 Å². The second-order valence-corrected chi connectivity index (χ2v) is 3.68. The standard InChI is InChI=1S/C11H19NO3/c1-4-8-12(9(2)3)10(13)6-5-7-11(14)15/h4,9H,1,5-8H2,2-3H3,(H,14,15). The predicted octanol–water partition coefficient (Wildman–Crippen LogP) is 1.66. The van der Waals surface area contributed by atoms with Crippen LogP contribution >= 0.6 is 0 Å². The minimum absolute atomic E-state index is 0.00819. The molecule has 0 aromatic rings. The molecule has 1 N–H and O–H groups in total. The molecule has 0 bridgehead atoms. The average Bonchev–Trinajstić information content (AvgIpc) is 2.12. The Hall–Kier alpha value is -1.32. The molecule has 0 aromatic heterocycles. The molecule has 0 aromatic carbocycles. The smallest absolute Gasteiger partial charge is 0.303 e. The fourth-order valence-corrected chi connectivity index (χ4v) is 1.27. The van der Waals surface area contributed by atoms with Crippen LogP contribution in [0.15, 0.2) is 12.7 Å². The molecule has 0 radical (unpaired) electrons. The number of amides is 1. The molecule has 15 heavy (non-hydrogen) atoms. The van der Waals surface area contributed by atoms with E-state index in [0.717, 1.165) is 0 Å². The average molecular weight is 213 g/mol. The lowest BCUT2D eigenvalue weighted by molar-refractivity contribution is -0.137. The van der Waals surface area contributed by atoms with Crippen molar-refractivity contribution in [2.45, 2.75) is 39.2 Å². The highest BCUT2D eigenvalue weighted by Crippen LogP contribution is 2.05. The van der Waals surface area contributed by atoms with E-state index in [4.69, 9.17) is 5.11 Å². The van der Waals surface area contributed by atoms with Crippen LogP contribution in [0.1, 0.15) is 33.1 Å². The third kappa shape index (κ3) is 5.88. The Kier molecular flexibility index (Phi) is 6.42. The highest BCUT2D eigenvalue weighted by Gasteiger charge is 2.15. The molecule has 4 nitrogen and oxygen atoms in total. The number of carbonyl (C=O) groups excluding carboxylic acids is 1. The van der Waals surface area contributed by atoms with Crippen molar-refractivity contribution in [3.8, 4) is 0 Å². The quantitative estimate of drug-likeness (QED) is 0.654. The molecule has 86 valence electrons. The Morgan fingerprint density at radius 3 is 2.40 bits per heavy atom.